The highest BCUT2D eigenvalue weighted by molar-refractivity contribution is 5.94. The molecule has 32 heavy (non-hydrogen) atoms. The lowest BCUT2D eigenvalue weighted by molar-refractivity contribution is -0.137. The molecule has 0 spiro atoms. The number of hydrogen-bond acceptors (Lipinski definition) is 4. The molecule has 2 aromatic rings. The number of likely N-dealkylation sites (tertiary alicyclic amines) is 1. The number of alkyl halides is 3. The highest BCUT2D eigenvalue weighted by Gasteiger charge is 2.34. The number of morpholine rings is 1. The first-order chi connectivity index (χ1) is 15.4. The van der Waals surface area contributed by atoms with Gasteiger partial charge in [0.2, 0.25) is 0 Å². The average molecular weight is 449 g/mol. The summed E-state index contributed by atoms with van der Waals surface area (Å²) in [5.41, 5.74) is 0.861. The van der Waals surface area contributed by atoms with Crippen LogP contribution >= 0.6 is 0 Å². The Morgan fingerprint density at radius 1 is 1.12 bits per heavy atom. The minimum atomic E-state index is -4.50. The number of anilines is 2. The minimum Gasteiger partial charge on any atom is -0.497 e. The first-order valence-corrected chi connectivity index (χ1v) is 10.6. The van der Waals surface area contributed by atoms with Crippen LogP contribution in [0.1, 0.15) is 30.0 Å². The fourth-order valence-corrected chi connectivity index (χ4v) is 4.28. The van der Waals surface area contributed by atoms with Gasteiger partial charge in [-0.1, -0.05) is 12.1 Å². The Kier molecular flexibility index (Phi) is 6.45. The van der Waals surface area contributed by atoms with Crippen molar-refractivity contribution < 1.29 is 27.4 Å². The molecule has 0 aromatic heterocycles. The number of nitrogens with zero attached hydrogens (tertiary/aromatic N) is 2. The monoisotopic (exact) mass is 449 g/mol. The van der Waals surface area contributed by atoms with E-state index in [2.05, 4.69) is 5.32 Å². The van der Waals surface area contributed by atoms with Crippen molar-refractivity contribution >= 4 is 17.4 Å². The number of carbonyl (C=O) groups excluding carboxylic acids is 1. The van der Waals surface area contributed by atoms with Crippen LogP contribution in [0.2, 0.25) is 0 Å². The van der Waals surface area contributed by atoms with E-state index in [1.54, 1.807) is 12.0 Å². The molecule has 2 fully saturated rings. The van der Waals surface area contributed by atoms with E-state index in [0.29, 0.717) is 44.3 Å². The fraction of sp³-hybridized carbons (Fsp3) is 0.435. The van der Waals surface area contributed by atoms with Gasteiger partial charge in [-0.2, -0.15) is 13.2 Å². The van der Waals surface area contributed by atoms with E-state index in [9.17, 15) is 18.0 Å². The molecule has 2 heterocycles. The summed E-state index contributed by atoms with van der Waals surface area (Å²) in [6.45, 7) is 2.59. The molecule has 1 atom stereocenters. The van der Waals surface area contributed by atoms with Crippen LogP contribution in [0.15, 0.2) is 42.5 Å². The van der Waals surface area contributed by atoms with E-state index in [0.717, 1.165) is 30.5 Å². The summed E-state index contributed by atoms with van der Waals surface area (Å²) in [5.74, 6) is 0.697. The number of amides is 2. The predicted molar refractivity (Wildman–Crippen MR) is 115 cm³/mol. The molecular formula is C23H26F3N3O3. The quantitative estimate of drug-likeness (QED) is 0.720. The van der Waals surface area contributed by atoms with Gasteiger partial charge >= 0.3 is 12.2 Å². The number of urea groups is 1. The van der Waals surface area contributed by atoms with Crippen LogP contribution in [0.5, 0.6) is 5.75 Å². The van der Waals surface area contributed by atoms with Gasteiger partial charge < -0.3 is 24.6 Å². The lowest BCUT2D eigenvalue weighted by Gasteiger charge is -2.32. The predicted octanol–water partition coefficient (Wildman–Crippen LogP) is 4.92. The van der Waals surface area contributed by atoms with Crippen molar-refractivity contribution in [1.82, 2.24) is 4.90 Å². The summed E-state index contributed by atoms with van der Waals surface area (Å²) in [4.78, 5) is 16.8. The first kappa shape index (κ1) is 22.3. The molecule has 0 radical (unpaired) electrons. The maximum absolute atomic E-state index is 13.4. The maximum Gasteiger partial charge on any atom is 0.416 e. The maximum atomic E-state index is 13.4. The summed E-state index contributed by atoms with van der Waals surface area (Å²) in [7, 11) is 1.58. The molecule has 172 valence electrons. The first-order valence-electron chi connectivity index (χ1n) is 10.6. The van der Waals surface area contributed by atoms with E-state index >= 15 is 0 Å². The van der Waals surface area contributed by atoms with E-state index < -0.39 is 17.8 Å². The van der Waals surface area contributed by atoms with Crippen molar-refractivity contribution in [3.63, 3.8) is 0 Å². The van der Waals surface area contributed by atoms with Gasteiger partial charge in [-0.3, -0.25) is 0 Å². The van der Waals surface area contributed by atoms with Crippen molar-refractivity contribution in [3.8, 4) is 5.75 Å². The van der Waals surface area contributed by atoms with E-state index in [4.69, 9.17) is 9.47 Å². The van der Waals surface area contributed by atoms with E-state index in [-0.39, 0.29) is 11.7 Å². The van der Waals surface area contributed by atoms with Gasteiger partial charge in [0.25, 0.3) is 0 Å². The van der Waals surface area contributed by atoms with Crippen molar-refractivity contribution in [2.24, 2.45) is 0 Å². The fourth-order valence-electron chi connectivity index (χ4n) is 4.28. The smallest absolute Gasteiger partial charge is 0.416 e. The van der Waals surface area contributed by atoms with Crippen LogP contribution in [0.3, 0.4) is 0 Å². The molecule has 0 unspecified atom stereocenters. The van der Waals surface area contributed by atoms with Gasteiger partial charge in [-0.05, 0) is 48.7 Å². The molecule has 2 aliphatic heterocycles. The Bertz CT molecular complexity index is 961. The van der Waals surface area contributed by atoms with Crippen molar-refractivity contribution in [1.29, 1.82) is 0 Å². The largest absolute Gasteiger partial charge is 0.497 e. The molecule has 2 saturated heterocycles. The van der Waals surface area contributed by atoms with Gasteiger partial charge in [0.05, 0.1) is 43.3 Å². The molecule has 0 bridgehead atoms. The number of benzene rings is 2. The van der Waals surface area contributed by atoms with Crippen LogP contribution in [0.25, 0.3) is 0 Å². The van der Waals surface area contributed by atoms with Crippen LogP contribution in [0.4, 0.5) is 29.3 Å². The third-order valence-electron chi connectivity index (χ3n) is 5.91. The standard InChI is InChI=1S/C23H26F3N3O3/c1-31-18-5-2-4-16(14-18)20-6-3-9-29(20)22(30)27-19-15-17(23(24,25)26)7-8-21(19)28-10-12-32-13-11-28/h2,4-5,7-8,14-15,20H,3,6,9-13H2,1H3,(H,27,30)/t20-/m1/s1. The van der Waals surface area contributed by atoms with Crippen LogP contribution in [0, 0.1) is 0 Å². The second-order valence-corrected chi connectivity index (χ2v) is 7.89. The molecule has 0 aliphatic carbocycles. The lowest BCUT2D eigenvalue weighted by atomic mass is 10.0. The lowest BCUT2D eigenvalue weighted by Crippen LogP contribution is -2.38. The van der Waals surface area contributed by atoms with Crippen LogP contribution in [-0.4, -0.2) is 50.9 Å². The summed E-state index contributed by atoms with van der Waals surface area (Å²) in [6, 6.07) is 10.4. The van der Waals surface area contributed by atoms with Crippen molar-refractivity contribution in [2.45, 2.75) is 25.1 Å². The molecule has 4 rings (SSSR count). The number of rotatable bonds is 4. The van der Waals surface area contributed by atoms with E-state index in [1.807, 2.05) is 29.2 Å². The number of nitrogens with one attached hydrogen (secondary N) is 1. The van der Waals surface area contributed by atoms with Gasteiger partial charge in [0, 0.05) is 19.6 Å². The SMILES string of the molecule is COc1cccc([C@H]2CCCN2C(=O)Nc2cc(C(F)(F)F)ccc2N2CCOCC2)c1. The van der Waals surface area contributed by atoms with Crippen molar-refractivity contribution in [2.75, 3.05) is 50.2 Å². The number of methoxy groups -OCH3 is 1. The number of halogens is 3. The number of hydrogen-bond donors (Lipinski definition) is 1. The molecule has 6 nitrogen and oxygen atoms in total. The Hall–Kier alpha value is -2.94. The molecule has 1 N–H and O–H groups in total. The van der Waals surface area contributed by atoms with Crippen LogP contribution in [-0.2, 0) is 10.9 Å². The molecule has 9 heteroatoms. The summed E-state index contributed by atoms with van der Waals surface area (Å²) in [5, 5.41) is 2.76. The minimum absolute atomic E-state index is 0.156. The topological polar surface area (TPSA) is 54.0 Å². The third kappa shape index (κ3) is 4.77. The zero-order chi connectivity index (χ0) is 22.7. The van der Waals surface area contributed by atoms with Gasteiger partial charge in [-0.25, -0.2) is 4.79 Å². The third-order valence-corrected chi connectivity index (χ3v) is 5.91. The second kappa shape index (κ2) is 9.28. The molecule has 2 aliphatic rings. The molecule has 2 amide bonds. The van der Waals surface area contributed by atoms with E-state index in [1.165, 1.54) is 6.07 Å². The van der Waals surface area contributed by atoms with Gasteiger partial charge in [-0.15, -0.1) is 0 Å². The Balaban J connectivity index is 1.60. The second-order valence-electron chi connectivity index (χ2n) is 7.89. The Morgan fingerprint density at radius 3 is 2.62 bits per heavy atom. The Labute approximate surface area is 184 Å². The summed E-state index contributed by atoms with van der Waals surface area (Å²) < 4.78 is 50.7. The van der Waals surface area contributed by atoms with Crippen LogP contribution < -0.4 is 15.0 Å². The van der Waals surface area contributed by atoms with Crippen molar-refractivity contribution in [3.05, 3.63) is 53.6 Å². The zero-order valence-electron chi connectivity index (χ0n) is 17.8. The Morgan fingerprint density at radius 2 is 1.91 bits per heavy atom. The van der Waals surface area contributed by atoms with Gasteiger partial charge in [0.1, 0.15) is 5.75 Å². The van der Waals surface area contributed by atoms with Gasteiger partial charge in [0.15, 0.2) is 0 Å². The summed E-state index contributed by atoms with van der Waals surface area (Å²) >= 11 is 0. The molecule has 0 saturated carbocycles. The highest BCUT2D eigenvalue weighted by Crippen LogP contribution is 2.38. The highest BCUT2D eigenvalue weighted by atomic mass is 19.4. The molecular weight excluding hydrogens is 423 g/mol. The average Bonchev–Trinajstić information content (AvgIpc) is 3.29. The normalized spacial score (nSPS) is 19.2. The summed E-state index contributed by atoms with van der Waals surface area (Å²) in [6.07, 6.45) is -2.91. The number of carbonyl (C=O) groups is 1. The zero-order valence-corrected chi connectivity index (χ0v) is 17.8. The molecule has 2 aromatic carbocycles. The number of ether oxygens (including phenoxy) is 2.